The molecule has 1 aliphatic rings. The van der Waals surface area contributed by atoms with Crippen molar-refractivity contribution in [2.45, 2.75) is 11.4 Å². The summed E-state index contributed by atoms with van der Waals surface area (Å²) in [5.74, 6) is 0.671. The molecule has 0 unspecified atom stereocenters. The largest absolute Gasteiger partial charge is 0.497 e. The summed E-state index contributed by atoms with van der Waals surface area (Å²) >= 11 is 1.71. The van der Waals surface area contributed by atoms with E-state index in [-0.39, 0.29) is 5.82 Å². The predicted molar refractivity (Wildman–Crippen MR) is 115 cm³/mol. The number of hydrogen-bond acceptors (Lipinski definition) is 5. The van der Waals surface area contributed by atoms with Gasteiger partial charge < -0.3 is 4.74 Å². The Balaban J connectivity index is 1.37. The van der Waals surface area contributed by atoms with Gasteiger partial charge in [-0.05, 0) is 71.1 Å². The SMILES string of the molecule is COc1ccc(CN2CCN(Sc3ccc(F)cc3-c3ccncc3)CC2)cc1. The average molecular weight is 410 g/mol. The van der Waals surface area contributed by atoms with Crippen LogP contribution in [0, 0.1) is 5.82 Å². The van der Waals surface area contributed by atoms with E-state index in [0.717, 1.165) is 54.5 Å². The molecule has 1 saturated heterocycles. The molecule has 3 aromatic rings. The lowest BCUT2D eigenvalue weighted by molar-refractivity contribution is 0.189. The molecule has 0 atom stereocenters. The van der Waals surface area contributed by atoms with Gasteiger partial charge in [0.2, 0.25) is 0 Å². The molecule has 0 bridgehead atoms. The number of halogens is 1. The van der Waals surface area contributed by atoms with Gasteiger partial charge in [-0.15, -0.1) is 0 Å². The standard InChI is InChI=1S/C23H24FN3OS/c1-28-21-5-2-18(3-6-21)17-26-12-14-27(15-13-26)29-23-7-4-20(24)16-22(23)19-8-10-25-11-9-19/h2-11,16H,12-15,17H2,1H3. The molecular formula is C23H24FN3OS. The van der Waals surface area contributed by atoms with Crippen molar-refractivity contribution in [3.8, 4) is 16.9 Å². The molecule has 2 aromatic carbocycles. The number of hydrogen-bond donors (Lipinski definition) is 0. The first-order valence-corrected chi connectivity index (χ1v) is 10.5. The lowest BCUT2D eigenvalue weighted by Crippen LogP contribution is -2.42. The Morgan fingerprint density at radius 3 is 2.38 bits per heavy atom. The van der Waals surface area contributed by atoms with Crippen molar-refractivity contribution < 1.29 is 9.13 Å². The Hall–Kier alpha value is -2.41. The fourth-order valence-electron chi connectivity index (χ4n) is 3.45. The highest BCUT2D eigenvalue weighted by atomic mass is 32.2. The van der Waals surface area contributed by atoms with Crippen LogP contribution >= 0.6 is 11.9 Å². The maximum absolute atomic E-state index is 13.9. The minimum absolute atomic E-state index is 0.217. The van der Waals surface area contributed by atoms with E-state index in [1.807, 2.05) is 30.3 Å². The van der Waals surface area contributed by atoms with E-state index in [2.05, 4.69) is 26.3 Å². The fourth-order valence-corrected chi connectivity index (χ4v) is 4.47. The molecule has 29 heavy (non-hydrogen) atoms. The molecule has 4 rings (SSSR count). The molecule has 0 saturated carbocycles. The van der Waals surface area contributed by atoms with E-state index in [1.54, 1.807) is 37.5 Å². The minimum Gasteiger partial charge on any atom is -0.497 e. The minimum atomic E-state index is -0.217. The molecule has 0 amide bonds. The fraction of sp³-hybridized carbons (Fsp3) is 0.261. The van der Waals surface area contributed by atoms with Gasteiger partial charge in [-0.2, -0.15) is 0 Å². The van der Waals surface area contributed by atoms with Crippen LogP contribution in [0.3, 0.4) is 0 Å². The smallest absolute Gasteiger partial charge is 0.123 e. The number of methoxy groups -OCH3 is 1. The molecule has 1 aromatic heterocycles. The van der Waals surface area contributed by atoms with Crippen LogP contribution in [0.5, 0.6) is 5.75 Å². The number of pyridine rings is 1. The van der Waals surface area contributed by atoms with E-state index >= 15 is 0 Å². The van der Waals surface area contributed by atoms with Gasteiger partial charge in [0.05, 0.1) is 7.11 Å². The average Bonchev–Trinajstić information content (AvgIpc) is 2.77. The van der Waals surface area contributed by atoms with E-state index in [4.69, 9.17) is 4.74 Å². The summed E-state index contributed by atoms with van der Waals surface area (Å²) in [5.41, 5.74) is 3.20. The lowest BCUT2D eigenvalue weighted by atomic mass is 10.1. The topological polar surface area (TPSA) is 28.6 Å². The van der Waals surface area contributed by atoms with Gasteiger partial charge in [0.25, 0.3) is 0 Å². The normalized spacial score (nSPS) is 15.4. The van der Waals surface area contributed by atoms with Gasteiger partial charge >= 0.3 is 0 Å². The van der Waals surface area contributed by atoms with Crippen molar-refractivity contribution in [3.63, 3.8) is 0 Å². The van der Waals surface area contributed by atoms with Gasteiger partial charge in [-0.25, -0.2) is 8.70 Å². The van der Waals surface area contributed by atoms with Crippen LogP contribution in [0.1, 0.15) is 5.56 Å². The Morgan fingerprint density at radius 1 is 0.966 bits per heavy atom. The first-order chi connectivity index (χ1) is 14.2. The van der Waals surface area contributed by atoms with Gasteiger partial charge in [-0.1, -0.05) is 12.1 Å². The van der Waals surface area contributed by atoms with Crippen LogP contribution in [-0.4, -0.2) is 47.5 Å². The predicted octanol–water partition coefficient (Wildman–Crippen LogP) is 4.72. The van der Waals surface area contributed by atoms with Gasteiger partial charge in [-0.3, -0.25) is 9.88 Å². The molecule has 6 heteroatoms. The second kappa shape index (κ2) is 9.39. The van der Waals surface area contributed by atoms with Gasteiger partial charge in [0, 0.05) is 50.0 Å². The summed E-state index contributed by atoms with van der Waals surface area (Å²) in [4.78, 5) is 7.60. The zero-order valence-corrected chi connectivity index (χ0v) is 17.2. The van der Waals surface area contributed by atoms with Crippen LogP contribution in [-0.2, 0) is 6.54 Å². The van der Waals surface area contributed by atoms with Crippen LogP contribution in [0.4, 0.5) is 4.39 Å². The van der Waals surface area contributed by atoms with Crippen molar-refractivity contribution in [2.75, 3.05) is 33.3 Å². The highest BCUT2D eigenvalue weighted by Crippen LogP contribution is 2.34. The Labute approximate surface area is 175 Å². The van der Waals surface area contributed by atoms with E-state index in [9.17, 15) is 4.39 Å². The molecule has 1 aliphatic heterocycles. The summed E-state index contributed by atoms with van der Waals surface area (Å²) in [6.45, 7) is 4.89. The third-order valence-corrected chi connectivity index (χ3v) is 6.23. The van der Waals surface area contributed by atoms with Crippen molar-refractivity contribution in [1.29, 1.82) is 0 Å². The molecule has 0 radical (unpaired) electrons. The van der Waals surface area contributed by atoms with Crippen LogP contribution in [0.15, 0.2) is 71.9 Å². The van der Waals surface area contributed by atoms with E-state index < -0.39 is 0 Å². The number of nitrogens with zero attached hydrogens (tertiary/aromatic N) is 3. The lowest BCUT2D eigenvalue weighted by Gasteiger charge is -2.34. The van der Waals surface area contributed by atoms with Crippen molar-refractivity contribution >= 4 is 11.9 Å². The number of aromatic nitrogens is 1. The van der Waals surface area contributed by atoms with Gasteiger partial charge in [0.15, 0.2) is 0 Å². The monoisotopic (exact) mass is 409 g/mol. The molecule has 2 heterocycles. The summed E-state index contributed by atoms with van der Waals surface area (Å²) in [5, 5.41) is 0. The summed E-state index contributed by atoms with van der Waals surface area (Å²) in [6.07, 6.45) is 3.49. The van der Waals surface area contributed by atoms with Crippen molar-refractivity contribution in [3.05, 3.63) is 78.4 Å². The van der Waals surface area contributed by atoms with E-state index in [0.29, 0.717) is 0 Å². The molecule has 1 fully saturated rings. The van der Waals surface area contributed by atoms with E-state index in [1.165, 1.54) is 11.6 Å². The maximum Gasteiger partial charge on any atom is 0.123 e. The molecule has 0 N–H and O–H groups in total. The molecular weight excluding hydrogens is 385 g/mol. The number of rotatable bonds is 6. The first kappa shape index (κ1) is 19.9. The van der Waals surface area contributed by atoms with Crippen molar-refractivity contribution in [1.82, 2.24) is 14.2 Å². The highest BCUT2D eigenvalue weighted by molar-refractivity contribution is 7.97. The van der Waals surface area contributed by atoms with Crippen LogP contribution in [0.25, 0.3) is 11.1 Å². The number of ether oxygens (including phenoxy) is 1. The molecule has 0 spiro atoms. The molecule has 150 valence electrons. The Morgan fingerprint density at radius 2 is 1.69 bits per heavy atom. The molecule has 0 aliphatic carbocycles. The maximum atomic E-state index is 13.9. The summed E-state index contributed by atoms with van der Waals surface area (Å²) < 4.78 is 21.5. The summed E-state index contributed by atoms with van der Waals surface area (Å²) in [6, 6.07) is 17.1. The summed E-state index contributed by atoms with van der Waals surface area (Å²) in [7, 11) is 1.69. The zero-order chi connectivity index (χ0) is 20.1. The van der Waals surface area contributed by atoms with Crippen molar-refractivity contribution in [2.24, 2.45) is 0 Å². The third-order valence-electron chi connectivity index (χ3n) is 5.06. The zero-order valence-electron chi connectivity index (χ0n) is 16.4. The Bertz CT molecular complexity index is 929. The van der Waals surface area contributed by atoms with Gasteiger partial charge in [0.1, 0.15) is 11.6 Å². The second-order valence-corrected chi connectivity index (χ2v) is 8.16. The second-order valence-electron chi connectivity index (χ2n) is 7.02. The highest BCUT2D eigenvalue weighted by Gasteiger charge is 2.19. The Kier molecular flexibility index (Phi) is 6.44. The first-order valence-electron chi connectivity index (χ1n) is 9.69. The quantitative estimate of drug-likeness (QED) is 0.550. The van der Waals surface area contributed by atoms with Crippen LogP contribution in [0.2, 0.25) is 0 Å². The third kappa shape index (κ3) is 5.15. The van der Waals surface area contributed by atoms with Crippen LogP contribution < -0.4 is 4.74 Å². The number of benzene rings is 2. The number of piperazine rings is 1. The molecule has 4 nitrogen and oxygen atoms in total.